The number of hydrogen-bond donors (Lipinski definition) is 0. The van der Waals surface area contributed by atoms with Crippen LogP contribution < -0.4 is 0 Å². The molecule has 0 aliphatic heterocycles. The second-order valence-electron chi connectivity index (χ2n) is 4.53. The van der Waals surface area contributed by atoms with E-state index in [0.29, 0.717) is 5.92 Å². The van der Waals surface area contributed by atoms with E-state index in [4.69, 9.17) is 4.84 Å². The monoisotopic (exact) mass is 217 g/mol. The molecule has 1 aliphatic rings. The second kappa shape index (κ2) is 5.15. The number of aryl methyl sites for hydroxylation is 1. The van der Waals surface area contributed by atoms with E-state index in [2.05, 4.69) is 36.3 Å². The highest BCUT2D eigenvalue weighted by Gasteiger charge is 2.19. The fourth-order valence-corrected chi connectivity index (χ4v) is 2.34. The normalized spacial score (nSPS) is 20.6. The van der Waals surface area contributed by atoms with Crippen molar-refractivity contribution in [3.63, 3.8) is 0 Å². The molecule has 1 aliphatic carbocycles. The van der Waals surface area contributed by atoms with Crippen LogP contribution in [-0.4, -0.2) is 12.8 Å². The third kappa shape index (κ3) is 2.63. The minimum absolute atomic E-state index is 0.705. The maximum Gasteiger partial charge on any atom is 0.106 e. The maximum atomic E-state index is 4.83. The second-order valence-corrected chi connectivity index (χ2v) is 4.53. The molecular weight excluding hydrogens is 198 g/mol. The summed E-state index contributed by atoms with van der Waals surface area (Å²) < 4.78 is 0. The van der Waals surface area contributed by atoms with Crippen LogP contribution in [0.25, 0.3) is 0 Å². The van der Waals surface area contributed by atoms with Crippen molar-refractivity contribution in [3.8, 4) is 0 Å². The molecule has 1 aromatic carbocycles. The van der Waals surface area contributed by atoms with Gasteiger partial charge in [0.15, 0.2) is 0 Å². The zero-order valence-electron chi connectivity index (χ0n) is 10.1. The Morgan fingerprint density at radius 2 is 1.75 bits per heavy atom. The van der Waals surface area contributed by atoms with Crippen LogP contribution in [0.2, 0.25) is 0 Å². The summed E-state index contributed by atoms with van der Waals surface area (Å²) in [5, 5.41) is 4.04. The molecule has 86 valence electrons. The number of oxime groups is 1. The van der Waals surface area contributed by atoms with Crippen molar-refractivity contribution in [2.45, 2.75) is 38.5 Å². The van der Waals surface area contributed by atoms with Crippen LogP contribution in [0.4, 0.5) is 0 Å². The van der Waals surface area contributed by atoms with E-state index in [1.54, 1.807) is 7.11 Å². The van der Waals surface area contributed by atoms with Crippen LogP contribution in [0, 0.1) is 6.92 Å². The Labute approximate surface area is 97.3 Å². The molecule has 1 saturated carbocycles. The van der Waals surface area contributed by atoms with Crippen molar-refractivity contribution in [1.82, 2.24) is 0 Å². The standard InChI is InChI=1S/C14H19NO/c1-11-3-5-12(6-4-11)13-7-9-14(10-8-13)15-16-2/h3-6,13H,7-10H2,1-2H3. The summed E-state index contributed by atoms with van der Waals surface area (Å²) in [4.78, 5) is 4.83. The number of benzene rings is 1. The molecular formula is C14H19NO. The van der Waals surface area contributed by atoms with Gasteiger partial charge in [-0.3, -0.25) is 0 Å². The summed E-state index contributed by atoms with van der Waals surface area (Å²) in [6.07, 6.45) is 4.55. The summed E-state index contributed by atoms with van der Waals surface area (Å²) in [5.74, 6) is 0.705. The molecule has 0 saturated heterocycles. The number of nitrogens with zero attached hydrogens (tertiary/aromatic N) is 1. The van der Waals surface area contributed by atoms with Gasteiger partial charge in [-0.2, -0.15) is 0 Å². The van der Waals surface area contributed by atoms with Crippen LogP contribution >= 0.6 is 0 Å². The predicted octanol–water partition coefficient (Wildman–Crippen LogP) is 3.66. The lowest BCUT2D eigenvalue weighted by Gasteiger charge is -2.23. The van der Waals surface area contributed by atoms with Crippen LogP contribution in [-0.2, 0) is 4.84 Å². The zero-order valence-corrected chi connectivity index (χ0v) is 10.1. The van der Waals surface area contributed by atoms with Gasteiger partial charge in [0, 0.05) is 0 Å². The van der Waals surface area contributed by atoms with Crippen LogP contribution in [0.15, 0.2) is 29.4 Å². The first-order chi connectivity index (χ1) is 7.79. The van der Waals surface area contributed by atoms with Gasteiger partial charge in [0.05, 0.1) is 5.71 Å². The largest absolute Gasteiger partial charge is 0.399 e. The molecule has 0 heterocycles. The van der Waals surface area contributed by atoms with Gasteiger partial charge >= 0.3 is 0 Å². The molecule has 0 radical (unpaired) electrons. The van der Waals surface area contributed by atoms with Gasteiger partial charge in [0.1, 0.15) is 7.11 Å². The molecule has 0 aromatic heterocycles. The highest BCUT2D eigenvalue weighted by Crippen LogP contribution is 2.31. The van der Waals surface area contributed by atoms with E-state index in [1.165, 1.54) is 29.7 Å². The lowest BCUT2D eigenvalue weighted by molar-refractivity contribution is 0.210. The first-order valence-corrected chi connectivity index (χ1v) is 5.95. The minimum atomic E-state index is 0.705. The first-order valence-electron chi connectivity index (χ1n) is 5.95. The van der Waals surface area contributed by atoms with Gasteiger partial charge in [-0.25, -0.2) is 0 Å². The first kappa shape index (κ1) is 11.2. The Bertz CT molecular complexity index is 357. The molecule has 0 unspecified atom stereocenters. The number of rotatable bonds is 2. The third-order valence-corrected chi connectivity index (χ3v) is 3.33. The van der Waals surface area contributed by atoms with Gasteiger partial charge in [-0.15, -0.1) is 0 Å². The summed E-state index contributed by atoms with van der Waals surface area (Å²) >= 11 is 0. The lowest BCUT2D eigenvalue weighted by atomic mass is 9.83. The molecule has 0 N–H and O–H groups in total. The van der Waals surface area contributed by atoms with E-state index in [0.717, 1.165) is 12.8 Å². The molecule has 0 spiro atoms. The van der Waals surface area contributed by atoms with E-state index in [1.807, 2.05) is 0 Å². The Hall–Kier alpha value is -1.31. The van der Waals surface area contributed by atoms with Crippen molar-refractivity contribution < 1.29 is 4.84 Å². The molecule has 2 rings (SSSR count). The van der Waals surface area contributed by atoms with E-state index in [9.17, 15) is 0 Å². The summed E-state index contributed by atoms with van der Waals surface area (Å²) in [7, 11) is 1.62. The molecule has 0 amide bonds. The van der Waals surface area contributed by atoms with Crippen LogP contribution in [0.5, 0.6) is 0 Å². The lowest BCUT2D eigenvalue weighted by Crippen LogP contribution is -2.13. The van der Waals surface area contributed by atoms with Gasteiger partial charge in [0.2, 0.25) is 0 Å². The molecule has 2 nitrogen and oxygen atoms in total. The Balaban J connectivity index is 1.99. The molecule has 0 atom stereocenters. The minimum Gasteiger partial charge on any atom is -0.399 e. The van der Waals surface area contributed by atoms with Gasteiger partial charge in [-0.05, 0) is 44.1 Å². The Kier molecular flexibility index (Phi) is 3.60. The maximum absolute atomic E-state index is 4.83. The van der Waals surface area contributed by atoms with Crippen LogP contribution in [0.3, 0.4) is 0 Å². The molecule has 16 heavy (non-hydrogen) atoms. The van der Waals surface area contributed by atoms with E-state index >= 15 is 0 Å². The Morgan fingerprint density at radius 1 is 1.12 bits per heavy atom. The summed E-state index contributed by atoms with van der Waals surface area (Å²) in [6.45, 7) is 2.13. The van der Waals surface area contributed by atoms with Gasteiger partial charge < -0.3 is 4.84 Å². The zero-order chi connectivity index (χ0) is 11.4. The van der Waals surface area contributed by atoms with Crippen molar-refractivity contribution in [2.75, 3.05) is 7.11 Å². The average Bonchev–Trinajstić information content (AvgIpc) is 2.32. The van der Waals surface area contributed by atoms with Crippen molar-refractivity contribution in [2.24, 2.45) is 5.16 Å². The van der Waals surface area contributed by atoms with E-state index in [-0.39, 0.29) is 0 Å². The fourth-order valence-electron chi connectivity index (χ4n) is 2.34. The molecule has 1 aromatic rings. The Morgan fingerprint density at radius 3 is 2.31 bits per heavy atom. The highest BCUT2D eigenvalue weighted by molar-refractivity contribution is 5.84. The quantitative estimate of drug-likeness (QED) is 0.693. The summed E-state index contributed by atoms with van der Waals surface area (Å²) in [5.41, 5.74) is 4.02. The SMILES string of the molecule is CON=C1CCC(c2ccc(C)cc2)CC1. The van der Waals surface area contributed by atoms with Crippen molar-refractivity contribution in [3.05, 3.63) is 35.4 Å². The smallest absolute Gasteiger partial charge is 0.106 e. The molecule has 2 heteroatoms. The predicted molar refractivity (Wildman–Crippen MR) is 66.8 cm³/mol. The summed E-state index contributed by atoms with van der Waals surface area (Å²) in [6, 6.07) is 8.93. The fraction of sp³-hybridized carbons (Fsp3) is 0.500. The molecule has 0 bridgehead atoms. The average molecular weight is 217 g/mol. The van der Waals surface area contributed by atoms with Crippen molar-refractivity contribution >= 4 is 5.71 Å². The third-order valence-electron chi connectivity index (χ3n) is 3.33. The highest BCUT2D eigenvalue weighted by atomic mass is 16.6. The topological polar surface area (TPSA) is 21.6 Å². The number of hydrogen-bond acceptors (Lipinski definition) is 2. The van der Waals surface area contributed by atoms with Gasteiger partial charge in [0.25, 0.3) is 0 Å². The van der Waals surface area contributed by atoms with Gasteiger partial charge in [-0.1, -0.05) is 35.0 Å². The van der Waals surface area contributed by atoms with E-state index < -0.39 is 0 Å². The molecule has 1 fully saturated rings. The van der Waals surface area contributed by atoms with Crippen LogP contribution in [0.1, 0.15) is 42.7 Å². The van der Waals surface area contributed by atoms with Crippen molar-refractivity contribution in [1.29, 1.82) is 0 Å².